The molecule has 0 saturated heterocycles. The fourth-order valence-corrected chi connectivity index (χ4v) is 1.98. The molecule has 0 aromatic carbocycles. The van der Waals surface area contributed by atoms with E-state index in [1.54, 1.807) is 25.5 Å². The summed E-state index contributed by atoms with van der Waals surface area (Å²) < 4.78 is 10.9. The topological polar surface area (TPSA) is 86.0 Å². The van der Waals surface area contributed by atoms with Gasteiger partial charge in [-0.25, -0.2) is 4.98 Å². The van der Waals surface area contributed by atoms with Crippen LogP contribution in [0.25, 0.3) is 11.5 Å². The zero-order chi connectivity index (χ0) is 16.1. The zero-order valence-corrected chi connectivity index (χ0v) is 12.9. The number of nitrogens with one attached hydrogen (secondary N) is 1. The molecule has 0 aliphatic heterocycles. The maximum absolute atomic E-state index is 5.75. The normalized spacial score (nSPS) is 11.9. The summed E-state index contributed by atoms with van der Waals surface area (Å²) in [5.74, 6) is 2.57. The Bertz CT molecular complexity index is 743. The molecule has 23 heavy (non-hydrogen) atoms. The van der Waals surface area contributed by atoms with Crippen molar-refractivity contribution in [2.24, 2.45) is 0 Å². The largest absolute Gasteiger partial charge is 0.487 e. The van der Waals surface area contributed by atoms with Crippen LogP contribution in [0.15, 0.2) is 47.4 Å². The van der Waals surface area contributed by atoms with E-state index in [0.29, 0.717) is 18.3 Å². The second kappa shape index (κ2) is 6.87. The van der Waals surface area contributed by atoms with E-state index >= 15 is 0 Å². The Morgan fingerprint density at radius 2 is 2.17 bits per heavy atom. The van der Waals surface area contributed by atoms with Gasteiger partial charge in [0.1, 0.15) is 17.7 Å². The molecule has 0 aliphatic carbocycles. The van der Waals surface area contributed by atoms with Gasteiger partial charge >= 0.3 is 0 Å². The predicted octanol–water partition coefficient (Wildman–Crippen LogP) is 2.71. The highest BCUT2D eigenvalue weighted by molar-refractivity contribution is 5.54. The number of hydrogen-bond acceptors (Lipinski definition) is 7. The van der Waals surface area contributed by atoms with Gasteiger partial charge in [0.15, 0.2) is 5.82 Å². The monoisotopic (exact) mass is 311 g/mol. The Labute approximate surface area is 133 Å². The molecule has 0 amide bonds. The second-order valence-electron chi connectivity index (χ2n) is 5.08. The molecule has 0 spiro atoms. The van der Waals surface area contributed by atoms with Gasteiger partial charge in [-0.15, -0.1) is 0 Å². The highest BCUT2D eigenvalue weighted by Crippen LogP contribution is 2.17. The minimum atomic E-state index is -0.0146. The Morgan fingerprint density at radius 1 is 1.26 bits per heavy atom. The van der Waals surface area contributed by atoms with Gasteiger partial charge in [-0.2, -0.15) is 4.98 Å². The van der Waals surface area contributed by atoms with E-state index < -0.39 is 0 Å². The van der Waals surface area contributed by atoms with Crippen molar-refractivity contribution < 1.29 is 9.26 Å². The maximum Gasteiger partial charge on any atom is 0.259 e. The highest BCUT2D eigenvalue weighted by atomic mass is 16.5. The Balaban J connectivity index is 1.54. The molecule has 3 aromatic rings. The summed E-state index contributed by atoms with van der Waals surface area (Å²) in [7, 11) is 0. The Hall–Kier alpha value is -2.96. The molecule has 118 valence electrons. The first-order valence-corrected chi connectivity index (χ1v) is 7.28. The Morgan fingerprint density at radius 3 is 2.83 bits per heavy atom. The molecular formula is C16H17N5O2. The molecule has 7 heteroatoms. The van der Waals surface area contributed by atoms with Crippen molar-refractivity contribution in [1.29, 1.82) is 0 Å². The lowest BCUT2D eigenvalue weighted by molar-refractivity contribution is 0.234. The van der Waals surface area contributed by atoms with Crippen molar-refractivity contribution in [3.63, 3.8) is 0 Å². The van der Waals surface area contributed by atoms with E-state index in [1.165, 1.54) is 0 Å². The number of nitrogens with zero attached hydrogens (tertiary/aromatic N) is 4. The van der Waals surface area contributed by atoms with Crippen LogP contribution < -0.4 is 10.1 Å². The van der Waals surface area contributed by atoms with Crippen molar-refractivity contribution >= 4 is 5.82 Å². The highest BCUT2D eigenvalue weighted by Gasteiger charge is 2.08. The second-order valence-corrected chi connectivity index (χ2v) is 5.08. The predicted molar refractivity (Wildman–Crippen MR) is 85.1 cm³/mol. The lowest BCUT2D eigenvalue weighted by Crippen LogP contribution is -2.23. The van der Waals surface area contributed by atoms with Crippen LogP contribution in [-0.4, -0.2) is 32.8 Å². The fraction of sp³-hybridized carbons (Fsp3) is 0.250. The van der Waals surface area contributed by atoms with Crippen molar-refractivity contribution in [3.05, 3.63) is 48.7 Å². The molecule has 0 aliphatic rings. The third-order valence-corrected chi connectivity index (χ3v) is 3.08. The minimum absolute atomic E-state index is 0.0146. The van der Waals surface area contributed by atoms with Crippen LogP contribution in [0.4, 0.5) is 5.82 Å². The average Bonchev–Trinajstić information content (AvgIpc) is 3.01. The van der Waals surface area contributed by atoms with E-state index in [-0.39, 0.29) is 6.10 Å². The molecule has 3 heterocycles. The van der Waals surface area contributed by atoms with Gasteiger partial charge in [0.25, 0.3) is 5.89 Å². The first kappa shape index (κ1) is 15.0. The van der Waals surface area contributed by atoms with Crippen molar-refractivity contribution in [1.82, 2.24) is 20.1 Å². The van der Waals surface area contributed by atoms with Gasteiger partial charge in [0, 0.05) is 12.4 Å². The van der Waals surface area contributed by atoms with Crippen molar-refractivity contribution in [2.75, 3.05) is 11.9 Å². The van der Waals surface area contributed by atoms with E-state index in [9.17, 15) is 0 Å². The summed E-state index contributed by atoms with van der Waals surface area (Å²) in [5, 5.41) is 6.99. The van der Waals surface area contributed by atoms with Gasteiger partial charge in [-0.1, -0.05) is 5.16 Å². The number of pyridine rings is 2. The summed E-state index contributed by atoms with van der Waals surface area (Å²) in [6.07, 6.45) is 5.09. The van der Waals surface area contributed by atoms with Crippen molar-refractivity contribution in [2.45, 2.75) is 20.0 Å². The summed E-state index contributed by atoms with van der Waals surface area (Å²) in [6, 6.07) is 7.47. The zero-order valence-electron chi connectivity index (χ0n) is 12.9. The third-order valence-electron chi connectivity index (χ3n) is 3.08. The van der Waals surface area contributed by atoms with Crippen LogP contribution in [0.3, 0.4) is 0 Å². The van der Waals surface area contributed by atoms with E-state index in [4.69, 9.17) is 9.26 Å². The molecule has 0 saturated carbocycles. The number of rotatable bonds is 6. The van der Waals surface area contributed by atoms with Crippen LogP contribution in [0, 0.1) is 6.92 Å². The summed E-state index contributed by atoms with van der Waals surface area (Å²) in [5.41, 5.74) is 0.788. The van der Waals surface area contributed by atoms with Crippen molar-refractivity contribution in [3.8, 4) is 17.2 Å². The minimum Gasteiger partial charge on any atom is -0.487 e. The molecule has 0 unspecified atom stereocenters. The van der Waals surface area contributed by atoms with Crippen LogP contribution in [-0.2, 0) is 0 Å². The molecule has 7 nitrogen and oxygen atoms in total. The lowest BCUT2D eigenvalue weighted by Gasteiger charge is -2.15. The first-order valence-electron chi connectivity index (χ1n) is 7.28. The summed E-state index contributed by atoms with van der Waals surface area (Å²) in [6.45, 7) is 4.39. The van der Waals surface area contributed by atoms with Gasteiger partial charge in [-0.3, -0.25) is 4.98 Å². The van der Waals surface area contributed by atoms with E-state index in [1.807, 2.05) is 31.2 Å². The molecule has 0 radical (unpaired) electrons. The smallest absolute Gasteiger partial charge is 0.259 e. The van der Waals surface area contributed by atoms with Gasteiger partial charge in [0.2, 0.25) is 0 Å². The molecule has 0 bridgehead atoms. The molecule has 0 fully saturated rings. The standard InChI is InChI=1S/C16H17N5O2/c1-11(22-14-4-3-7-17-10-14)8-18-15-6-5-13(9-19-15)16-20-12(2)21-23-16/h3-7,9-11H,8H2,1-2H3,(H,18,19)/t11-/m1/s1. The van der Waals surface area contributed by atoms with Gasteiger partial charge < -0.3 is 14.6 Å². The first-order chi connectivity index (χ1) is 11.2. The molecular weight excluding hydrogens is 294 g/mol. The number of aromatic nitrogens is 4. The molecule has 3 rings (SSSR count). The van der Waals surface area contributed by atoms with E-state index in [0.717, 1.165) is 17.1 Å². The van der Waals surface area contributed by atoms with Gasteiger partial charge in [-0.05, 0) is 38.1 Å². The molecule has 1 atom stereocenters. The van der Waals surface area contributed by atoms with Crippen LogP contribution in [0.2, 0.25) is 0 Å². The van der Waals surface area contributed by atoms with Crippen LogP contribution >= 0.6 is 0 Å². The number of ether oxygens (including phenoxy) is 1. The average molecular weight is 311 g/mol. The number of hydrogen-bond donors (Lipinski definition) is 1. The fourth-order valence-electron chi connectivity index (χ4n) is 1.98. The quantitative estimate of drug-likeness (QED) is 0.749. The molecule has 1 N–H and O–H groups in total. The third kappa shape index (κ3) is 4.03. The Kier molecular flexibility index (Phi) is 4.46. The van der Waals surface area contributed by atoms with Gasteiger partial charge in [0.05, 0.1) is 18.3 Å². The lowest BCUT2D eigenvalue weighted by atomic mass is 10.3. The SMILES string of the molecule is Cc1noc(-c2ccc(NC[C@@H](C)Oc3cccnc3)nc2)n1. The number of anilines is 1. The summed E-state index contributed by atoms with van der Waals surface area (Å²) in [4.78, 5) is 12.5. The van der Waals surface area contributed by atoms with Crippen LogP contribution in [0.1, 0.15) is 12.7 Å². The maximum atomic E-state index is 5.75. The number of aryl methyl sites for hydroxylation is 1. The molecule has 3 aromatic heterocycles. The van der Waals surface area contributed by atoms with Crippen LogP contribution in [0.5, 0.6) is 5.75 Å². The van der Waals surface area contributed by atoms with E-state index in [2.05, 4.69) is 25.4 Å². The summed E-state index contributed by atoms with van der Waals surface area (Å²) >= 11 is 0.